The molecule has 0 amide bonds. The van der Waals surface area contributed by atoms with Gasteiger partial charge in [0, 0.05) is 38.5 Å². The summed E-state index contributed by atoms with van der Waals surface area (Å²) in [6, 6.07) is 0. The standard InChI is InChI=1S/C24H49N11O12S/c25-17(30-36)1-7-42-13-15(44-9-3-19(27)32-38)23(46-11-5-21(29)34-40)24(47-12-6-22(48)35-41)16(45-10-4-20(28)33-39)14-43-8-2-18(26)31-37/h15-16,23-24,36-41H,1-14H2,(H2,25,30)(H2,26,31)(H2,27,32)(H2,28,33)(H2,29,34)(H,35,48). The van der Waals surface area contributed by atoms with Gasteiger partial charge in [-0.25, -0.2) is 0 Å². The molecule has 278 valence electrons. The molecule has 0 rings (SSSR count). The number of nitrogens with zero attached hydrogens (tertiary/aromatic N) is 5. The SMILES string of the molecule is N/C(CCOCC(OCC/C(N)=N/O)C(OCCC(=S)NO)C(OCC/C(N)=N/O)C(COCC/C(N)=N/O)OCC/C(N)=N/O)=N\O. The molecule has 0 fully saturated rings. The molecule has 0 radical (unpaired) electrons. The van der Waals surface area contributed by atoms with E-state index in [0.29, 0.717) is 0 Å². The molecule has 0 heterocycles. The molecule has 0 spiro atoms. The fraction of sp³-hybridized carbons (Fsp3) is 0.750. The zero-order valence-electron chi connectivity index (χ0n) is 26.4. The maximum absolute atomic E-state index is 9.19. The topological polar surface area (TPSA) is 381 Å². The van der Waals surface area contributed by atoms with Gasteiger partial charge >= 0.3 is 0 Å². The predicted molar refractivity (Wildman–Crippen MR) is 173 cm³/mol. The lowest BCUT2D eigenvalue weighted by molar-refractivity contribution is -0.194. The number of oxime groups is 5. The smallest absolute Gasteiger partial charge is 0.141 e. The minimum absolute atomic E-state index is 0.00539. The van der Waals surface area contributed by atoms with E-state index in [1.54, 1.807) is 0 Å². The molecule has 0 aliphatic carbocycles. The van der Waals surface area contributed by atoms with Crippen molar-refractivity contribution in [2.24, 2.45) is 54.4 Å². The summed E-state index contributed by atoms with van der Waals surface area (Å²) < 4.78 is 36.1. The zero-order chi connectivity index (χ0) is 36.2. The van der Waals surface area contributed by atoms with E-state index in [1.807, 2.05) is 5.48 Å². The molecule has 0 aromatic carbocycles. The summed E-state index contributed by atoms with van der Waals surface area (Å²) in [5, 5.41) is 68.6. The molecule has 0 saturated heterocycles. The Balaban J connectivity index is 6.68. The molecule has 17 N–H and O–H groups in total. The lowest BCUT2D eigenvalue weighted by Crippen LogP contribution is -2.53. The van der Waals surface area contributed by atoms with Crippen LogP contribution in [0.5, 0.6) is 0 Å². The lowest BCUT2D eigenvalue weighted by atomic mass is 10.0. The van der Waals surface area contributed by atoms with Crippen molar-refractivity contribution in [3.05, 3.63) is 0 Å². The summed E-state index contributed by atoms with van der Waals surface area (Å²) in [5.74, 6) is -0.530. The number of rotatable bonds is 29. The van der Waals surface area contributed by atoms with Crippen LogP contribution in [-0.2, 0) is 28.4 Å². The van der Waals surface area contributed by atoms with Crippen LogP contribution >= 0.6 is 12.2 Å². The van der Waals surface area contributed by atoms with Crippen molar-refractivity contribution < 1.29 is 59.7 Å². The van der Waals surface area contributed by atoms with Gasteiger partial charge < -0.3 is 83.1 Å². The largest absolute Gasteiger partial charge is 0.409 e. The van der Waals surface area contributed by atoms with Crippen molar-refractivity contribution in [3.8, 4) is 0 Å². The van der Waals surface area contributed by atoms with Crippen molar-refractivity contribution in [2.75, 3.05) is 52.9 Å². The van der Waals surface area contributed by atoms with Crippen LogP contribution in [0.1, 0.15) is 38.5 Å². The predicted octanol–water partition coefficient (Wildman–Crippen LogP) is -2.06. The van der Waals surface area contributed by atoms with Gasteiger partial charge in [0.05, 0.1) is 52.9 Å². The van der Waals surface area contributed by atoms with Gasteiger partial charge in [-0.1, -0.05) is 38.0 Å². The van der Waals surface area contributed by atoms with Crippen LogP contribution < -0.4 is 34.1 Å². The first-order valence-corrected chi connectivity index (χ1v) is 14.8. The van der Waals surface area contributed by atoms with Crippen LogP contribution in [0.3, 0.4) is 0 Å². The summed E-state index contributed by atoms with van der Waals surface area (Å²) in [7, 11) is 0. The molecule has 0 saturated carbocycles. The highest BCUT2D eigenvalue weighted by atomic mass is 32.1. The minimum Gasteiger partial charge on any atom is -0.409 e. The number of ether oxygens (including phenoxy) is 6. The van der Waals surface area contributed by atoms with Crippen molar-refractivity contribution in [1.29, 1.82) is 0 Å². The Bertz CT molecular complexity index is 1040. The summed E-state index contributed by atoms with van der Waals surface area (Å²) >= 11 is 5.03. The number of hydrogen-bond acceptors (Lipinski definition) is 18. The van der Waals surface area contributed by atoms with Crippen LogP contribution in [0.2, 0.25) is 0 Å². The van der Waals surface area contributed by atoms with Gasteiger partial charge in [-0.3, -0.25) is 10.7 Å². The second-order valence-electron chi connectivity index (χ2n) is 9.63. The molecular formula is C24H49N11O12S. The number of thiocarbonyl (C=S) groups is 1. The first kappa shape index (κ1) is 44.0. The average Bonchev–Trinajstić information content (AvgIpc) is 3.10. The lowest BCUT2D eigenvalue weighted by Gasteiger charge is -2.37. The van der Waals surface area contributed by atoms with Gasteiger partial charge in [0.2, 0.25) is 0 Å². The van der Waals surface area contributed by atoms with E-state index in [9.17, 15) is 5.21 Å². The number of nitrogens with one attached hydrogen (secondary N) is 1. The average molecular weight is 716 g/mol. The summed E-state index contributed by atoms with van der Waals surface area (Å²) in [4.78, 5) is 0.0654. The molecule has 0 aliphatic rings. The fourth-order valence-electron chi connectivity index (χ4n) is 3.58. The van der Waals surface area contributed by atoms with Gasteiger partial charge in [0.1, 0.15) is 58.6 Å². The second-order valence-corrected chi connectivity index (χ2v) is 10.1. The van der Waals surface area contributed by atoms with Gasteiger partial charge in [0.25, 0.3) is 0 Å². The van der Waals surface area contributed by atoms with Crippen LogP contribution in [0, 0.1) is 0 Å². The van der Waals surface area contributed by atoms with E-state index in [1.165, 1.54) is 0 Å². The van der Waals surface area contributed by atoms with Crippen LogP contribution in [0.4, 0.5) is 0 Å². The van der Waals surface area contributed by atoms with E-state index >= 15 is 0 Å². The second kappa shape index (κ2) is 28.0. The molecule has 0 bridgehead atoms. The Morgan fingerprint density at radius 1 is 0.500 bits per heavy atom. The van der Waals surface area contributed by atoms with Gasteiger partial charge in [0.15, 0.2) is 0 Å². The van der Waals surface area contributed by atoms with Crippen molar-refractivity contribution >= 4 is 46.4 Å². The molecule has 4 unspecified atom stereocenters. The Hall–Kier alpha value is -4.04. The van der Waals surface area contributed by atoms with E-state index in [-0.39, 0.29) is 126 Å². The van der Waals surface area contributed by atoms with Gasteiger partial charge in [-0.05, 0) is 0 Å². The maximum atomic E-state index is 9.19. The third-order valence-corrected chi connectivity index (χ3v) is 6.38. The molecular weight excluding hydrogens is 666 g/mol. The highest BCUT2D eigenvalue weighted by molar-refractivity contribution is 7.80. The Kier molecular flexibility index (Phi) is 25.7. The van der Waals surface area contributed by atoms with E-state index in [4.69, 9.17) is 95.3 Å². The molecule has 23 nitrogen and oxygen atoms in total. The number of amidine groups is 5. The van der Waals surface area contributed by atoms with Crippen molar-refractivity contribution in [3.63, 3.8) is 0 Å². The highest BCUT2D eigenvalue weighted by Crippen LogP contribution is 2.21. The zero-order valence-corrected chi connectivity index (χ0v) is 27.2. The summed E-state index contributed by atoms with van der Waals surface area (Å²) in [5.41, 5.74) is 29.9. The number of nitrogens with two attached hydrogens (primary N) is 5. The third kappa shape index (κ3) is 21.0. The van der Waals surface area contributed by atoms with Crippen molar-refractivity contribution in [1.82, 2.24) is 5.48 Å². The molecule has 0 aromatic rings. The maximum Gasteiger partial charge on any atom is 0.141 e. The number of hydroxylamine groups is 1. The van der Waals surface area contributed by atoms with Crippen LogP contribution in [0.25, 0.3) is 0 Å². The Labute approximate surface area is 281 Å². The first-order chi connectivity index (χ1) is 23.1. The highest BCUT2D eigenvalue weighted by Gasteiger charge is 2.39. The molecule has 0 aliphatic heterocycles. The Morgan fingerprint density at radius 2 is 0.792 bits per heavy atom. The van der Waals surface area contributed by atoms with Crippen LogP contribution in [0.15, 0.2) is 25.8 Å². The van der Waals surface area contributed by atoms with Gasteiger partial charge in [-0.2, -0.15) is 0 Å². The molecule has 24 heteroatoms. The van der Waals surface area contributed by atoms with E-state index in [2.05, 4.69) is 25.8 Å². The molecule has 4 atom stereocenters. The normalized spacial score (nSPS) is 16.0. The third-order valence-electron chi connectivity index (χ3n) is 6.08. The summed E-state index contributed by atoms with van der Waals surface area (Å²) in [6.07, 6.45) is -3.96. The van der Waals surface area contributed by atoms with Crippen LogP contribution in [-0.4, -0.2) is 143 Å². The van der Waals surface area contributed by atoms with Crippen molar-refractivity contribution in [2.45, 2.75) is 62.9 Å². The fourth-order valence-corrected chi connectivity index (χ4v) is 3.66. The monoisotopic (exact) mass is 715 g/mol. The minimum atomic E-state index is -1.09. The van der Waals surface area contributed by atoms with E-state index in [0.717, 1.165) is 0 Å². The quantitative estimate of drug-likeness (QED) is 0.00988. The first-order valence-electron chi connectivity index (χ1n) is 14.4. The Morgan fingerprint density at radius 3 is 1.10 bits per heavy atom. The molecule has 48 heavy (non-hydrogen) atoms. The molecule has 0 aromatic heterocycles. The van der Waals surface area contributed by atoms with Gasteiger partial charge in [-0.15, -0.1) is 0 Å². The number of hydrogen-bond donors (Lipinski definition) is 12. The summed E-state index contributed by atoms with van der Waals surface area (Å²) in [6.45, 7) is -0.683. The van der Waals surface area contributed by atoms with E-state index < -0.39 is 24.4 Å².